The first kappa shape index (κ1) is 17.5. The molecule has 0 unspecified atom stereocenters. The largest absolute Gasteiger partial charge is 0.381 e. The lowest BCUT2D eigenvalue weighted by atomic mass is 9.99. The van der Waals surface area contributed by atoms with E-state index < -0.39 is 0 Å². The highest BCUT2D eigenvalue weighted by Gasteiger charge is 2.27. The van der Waals surface area contributed by atoms with Crippen molar-refractivity contribution >= 4 is 5.91 Å². The van der Waals surface area contributed by atoms with Gasteiger partial charge in [0.15, 0.2) is 0 Å². The maximum Gasteiger partial charge on any atom is 0.248 e. The third kappa shape index (κ3) is 4.37. The van der Waals surface area contributed by atoms with Crippen LogP contribution in [0.2, 0.25) is 0 Å². The van der Waals surface area contributed by atoms with Crippen molar-refractivity contribution in [3.63, 3.8) is 0 Å². The Morgan fingerprint density at radius 2 is 2.17 bits per heavy atom. The molecule has 3 rings (SSSR count). The molecule has 0 aliphatic carbocycles. The number of rotatable bonds is 6. The number of likely N-dealkylation sites (N-methyl/N-ethyl adjacent to an activating group) is 1. The van der Waals surface area contributed by atoms with Crippen LogP contribution in [0.15, 0.2) is 18.3 Å². The highest BCUT2D eigenvalue weighted by atomic mass is 16.5. The summed E-state index contributed by atoms with van der Waals surface area (Å²) in [6, 6.07) is 4.57. The number of aromatic nitrogens is 1. The third-order valence-electron chi connectivity index (χ3n) is 5.01. The molecule has 0 aromatic carbocycles. The Kier molecular flexibility index (Phi) is 5.92. The molecule has 1 aromatic heterocycles. The lowest BCUT2D eigenvalue weighted by Gasteiger charge is -2.37. The van der Waals surface area contributed by atoms with Crippen molar-refractivity contribution < 1.29 is 14.3 Å². The van der Waals surface area contributed by atoms with Crippen LogP contribution >= 0.6 is 0 Å². The molecule has 0 radical (unpaired) electrons. The third-order valence-corrected chi connectivity index (χ3v) is 5.01. The molecule has 1 saturated heterocycles. The molecule has 0 spiro atoms. The van der Waals surface area contributed by atoms with Crippen molar-refractivity contribution in [2.75, 3.05) is 53.6 Å². The summed E-state index contributed by atoms with van der Waals surface area (Å²) in [7, 11) is 3.51. The number of hydrogen-bond acceptors (Lipinski definition) is 4. The van der Waals surface area contributed by atoms with Gasteiger partial charge < -0.3 is 18.9 Å². The van der Waals surface area contributed by atoms with E-state index in [-0.39, 0.29) is 18.6 Å². The van der Waals surface area contributed by atoms with Gasteiger partial charge in [-0.1, -0.05) is 0 Å². The monoisotopic (exact) mass is 335 g/mol. The number of amides is 1. The molecule has 1 aromatic rings. The van der Waals surface area contributed by atoms with Gasteiger partial charge in [0.2, 0.25) is 5.91 Å². The number of hydrogen-bond donors (Lipinski definition) is 0. The summed E-state index contributed by atoms with van der Waals surface area (Å²) in [5.74, 6) is 0.745. The Morgan fingerprint density at radius 1 is 1.38 bits per heavy atom. The van der Waals surface area contributed by atoms with Gasteiger partial charge in [0.05, 0.1) is 12.6 Å². The number of nitrogens with zero attached hydrogens (tertiary/aromatic N) is 3. The lowest BCUT2D eigenvalue weighted by molar-refractivity contribution is -0.134. The van der Waals surface area contributed by atoms with E-state index in [1.54, 1.807) is 19.0 Å². The van der Waals surface area contributed by atoms with E-state index in [2.05, 4.69) is 27.8 Å². The van der Waals surface area contributed by atoms with Gasteiger partial charge in [0, 0.05) is 58.8 Å². The number of fused-ring (bicyclic) bond motifs is 1. The van der Waals surface area contributed by atoms with E-state index in [1.165, 1.54) is 5.69 Å². The molecule has 0 saturated carbocycles. The lowest BCUT2D eigenvalue weighted by Crippen LogP contribution is -2.42. The SMILES string of the molecule is CN(C)C(=O)COC[C@@H]1CN(CC2CCOCC2)Cc2cccn21. The molecule has 24 heavy (non-hydrogen) atoms. The van der Waals surface area contributed by atoms with Gasteiger partial charge in [-0.3, -0.25) is 9.69 Å². The van der Waals surface area contributed by atoms with Crippen LogP contribution in [0.4, 0.5) is 0 Å². The summed E-state index contributed by atoms with van der Waals surface area (Å²) in [6.45, 7) is 5.63. The van der Waals surface area contributed by atoms with Gasteiger partial charge in [-0.25, -0.2) is 0 Å². The van der Waals surface area contributed by atoms with E-state index >= 15 is 0 Å². The zero-order valence-corrected chi connectivity index (χ0v) is 14.8. The predicted molar refractivity (Wildman–Crippen MR) is 91.8 cm³/mol. The average Bonchev–Trinajstić information content (AvgIpc) is 3.04. The summed E-state index contributed by atoms with van der Waals surface area (Å²) in [6.07, 6.45) is 4.45. The first-order valence-corrected chi connectivity index (χ1v) is 8.87. The smallest absolute Gasteiger partial charge is 0.248 e. The van der Waals surface area contributed by atoms with E-state index in [4.69, 9.17) is 9.47 Å². The average molecular weight is 335 g/mol. The zero-order valence-electron chi connectivity index (χ0n) is 14.8. The highest BCUT2D eigenvalue weighted by Crippen LogP contribution is 2.25. The van der Waals surface area contributed by atoms with Crippen LogP contribution in [0, 0.1) is 5.92 Å². The predicted octanol–water partition coefficient (Wildman–Crippen LogP) is 1.38. The van der Waals surface area contributed by atoms with E-state index in [0.29, 0.717) is 6.61 Å². The highest BCUT2D eigenvalue weighted by molar-refractivity contribution is 5.76. The van der Waals surface area contributed by atoms with Crippen LogP contribution < -0.4 is 0 Å². The van der Waals surface area contributed by atoms with Gasteiger partial charge in [-0.15, -0.1) is 0 Å². The fourth-order valence-corrected chi connectivity index (χ4v) is 3.58. The Balaban J connectivity index is 1.56. The van der Waals surface area contributed by atoms with E-state index in [0.717, 1.165) is 51.6 Å². The molecule has 2 aliphatic rings. The normalized spacial score (nSPS) is 22.3. The maximum absolute atomic E-state index is 11.7. The second-order valence-electron chi connectivity index (χ2n) is 7.11. The fourth-order valence-electron chi connectivity index (χ4n) is 3.58. The van der Waals surface area contributed by atoms with Crippen LogP contribution in [0.3, 0.4) is 0 Å². The van der Waals surface area contributed by atoms with Gasteiger partial charge in [-0.2, -0.15) is 0 Å². The Morgan fingerprint density at radius 3 is 2.92 bits per heavy atom. The first-order valence-electron chi connectivity index (χ1n) is 8.87. The quantitative estimate of drug-likeness (QED) is 0.788. The molecular formula is C18H29N3O3. The summed E-state index contributed by atoms with van der Waals surface area (Å²) >= 11 is 0. The molecule has 2 aliphatic heterocycles. The number of ether oxygens (including phenoxy) is 2. The molecule has 6 heteroatoms. The molecule has 1 atom stereocenters. The van der Waals surface area contributed by atoms with Crippen molar-refractivity contribution in [2.45, 2.75) is 25.4 Å². The molecule has 134 valence electrons. The van der Waals surface area contributed by atoms with Gasteiger partial charge >= 0.3 is 0 Å². The summed E-state index contributed by atoms with van der Waals surface area (Å²) in [4.78, 5) is 15.8. The van der Waals surface area contributed by atoms with Crippen molar-refractivity contribution in [1.82, 2.24) is 14.4 Å². The fraction of sp³-hybridized carbons (Fsp3) is 0.722. The van der Waals surface area contributed by atoms with Crippen LogP contribution in [0.1, 0.15) is 24.6 Å². The standard InChI is InChI=1S/C18H29N3O3/c1-19(2)18(22)14-24-13-17-12-20(10-15-5-8-23-9-6-15)11-16-4-3-7-21(16)17/h3-4,7,15,17H,5-6,8-14H2,1-2H3/t17-/m0/s1. The first-order chi connectivity index (χ1) is 11.6. The minimum absolute atomic E-state index is 0.0117. The summed E-state index contributed by atoms with van der Waals surface area (Å²) in [5.41, 5.74) is 1.33. The minimum atomic E-state index is 0.0117. The molecule has 1 amide bonds. The van der Waals surface area contributed by atoms with Crippen LogP contribution in [0.5, 0.6) is 0 Å². The number of carbonyl (C=O) groups is 1. The molecular weight excluding hydrogens is 306 g/mol. The number of carbonyl (C=O) groups excluding carboxylic acids is 1. The zero-order chi connectivity index (χ0) is 16.9. The van der Waals surface area contributed by atoms with Gasteiger partial charge in [0.1, 0.15) is 6.61 Å². The Bertz CT molecular complexity index is 537. The maximum atomic E-state index is 11.7. The van der Waals surface area contributed by atoms with Crippen molar-refractivity contribution in [2.24, 2.45) is 5.92 Å². The second-order valence-corrected chi connectivity index (χ2v) is 7.11. The molecule has 6 nitrogen and oxygen atoms in total. The van der Waals surface area contributed by atoms with Crippen LogP contribution in [0.25, 0.3) is 0 Å². The van der Waals surface area contributed by atoms with E-state index in [1.807, 2.05) is 0 Å². The Labute approximate surface area is 144 Å². The van der Waals surface area contributed by atoms with Crippen molar-refractivity contribution in [3.05, 3.63) is 24.0 Å². The van der Waals surface area contributed by atoms with Crippen LogP contribution in [-0.2, 0) is 20.8 Å². The van der Waals surface area contributed by atoms with Crippen molar-refractivity contribution in [3.8, 4) is 0 Å². The topological polar surface area (TPSA) is 46.9 Å². The summed E-state index contributed by atoms with van der Waals surface area (Å²) < 4.78 is 13.5. The van der Waals surface area contributed by atoms with Crippen molar-refractivity contribution in [1.29, 1.82) is 0 Å². The van der Waals surface area contributed by atoms with Gasteiger partial charge in [-0.05, 0) is 30.9 Å². The second kappa shape index (κ2) is 8.14. The Hall–Kier alpha value is -1.37. The molecule has 0 bridgehead atoms. The van der Waals surface area contributed by atoms with E-state index in [9.17, 15) is 4.79 Å². The van der Waals surface area contributed by atoms with Crippen LogP contribution in [-0.4, -0.2) is 73.9 Å². The minimum Gasteiger partial charge on any atom is -0.381 e. The molecule has 0 N–H and O–H groups in total. The molecule has 3 heterocycles. The molecule has 1 fully saturated rings. The van der Waals surface area contributed by atoms with Gasteiger partial charge in [0.25, 0.3) is 0 Å². The summed E-state index contributed by atoms with van der Waals surface area (Å²) in [5, 5.41) is 0.